The molecule has 142 valence electrons. The van der Waals surface area contributed by atoms with E-state index in [0.29, 0.717) is 22.5 Å². The van der Waals surface area contributed by atoms with Crippen molar-refractivity contribution in [3.63, 3.8) is 0 Å². The number of fused-ring (bicyclic) bond motifs is 6. The molecule has 0 amide bonds. The number of aryl methyl sites for hydroxylation is 1. The molecule has 0 aromatic heterocycles. The minimum atomic E-state index is 0.229. The first-order valence-corrected chi connectivity index (χ1v) is 11.0. The van der Waals surface area contributed by atoms with Crippen molar-refractivity contribution < 1.29 is 4.79 Å². The highest BCUT2D eigenvalue weighted by Crippen LogP contribution is 2.63. The van der Waals surface area contributed by atoms with E-state index >= 15 is 0 Å². The third-order valence-electron chi connectivity index (χ3n) is 8.70. The standard InChI is InChI=1S/C26H32O/c1-25(2)15-6-16-26(3)21-13-11-18-10-9-17-7-4-5-8-19(17)23(18)24(27)20(21)12-14-22(25)26/h4-5,7-10,20-22H,6,11-16H2,1-3H3/t20-,21-,22-,26+/m0/s1. The maximum absolute atomic E-state index is 13.9. The van der Waals surface area contributed by atoms with Gasteiger partial charge in [0.1, 0.15) is 0 Å². The minimum absolute atomic E-state index is 0.229. The van der Waals surface area contributed by atoms with E-state index in [2.05, 4.69) is 57.2 Å². The van der Waals surface area contributed by atoms with Gasteiger partial charge < -0.3 is 0 Å². The van der Waals surface area contributed by atoms with Gasteiger partial charge in [-0.1, -0.05) is 63.6 Å². The van der Waals surface area contributed by atoms with E-state index in [4.69, 9.17) is 0 Å². The smallest absolute Gasteiger partial charge is 0.167 e. The monoisotopic (exact) mass is 360 g/mol. The molecule has 0 radical (unpaired) electrons. The Bertz CT molecular complexity index is 908. The number of benzene rings is 2. The predicted molar refractivity (Wildman–Crippen MR) is 112 cm³/mol. The quantitative estimate of drug-likeness (QED) is 0.503. The molecule has 2 fully saturated rings. The van der Waals surface area contributed by atoms with Crippen LogP contribution in [0.15, 0.2) is 36.4 Å². The highest BCUT2D eigenvalue weighted by molar-refractivity contribution is 6.10. The van der Waals surface area contributed by atoms with Gasteiger partial charge in [0.15, 0.2) is 5.78 Å². The average molecular weight is 361 g/mol. The highest BCUT2D eigenvalue weighted by Gasteiger charge is 2.56. The summed E-state index contributed by atoms with van der Waals surface area (Å²) in [7, 11) is 0. The maximum atomic E-state index is 13.9. The molecule has 0 unspecified atom stereocenters. The Morgan fingerprint density at radius 1 is 0.926 bits per heavy atom. The molecule has 0 spiro atoms. The third-order valence-corrected chi connectivity index (χ3v) is 8.70. The Kier molecular flexibility index (Phi) is 3.84. The van der Waals surface area contributed by atoms with Gasteiger partial charge in [-0.15, -0.1) is 0 Å². The fraction of sp³-hybridized carbons (Fsp3) is 0.577. The molecule has 0 N–H and O–H groups in total. The van der Waals surface area contributed by atoms with Crippen molar-refractivity contribution in [2.75, 3.05) is 0 Å². The Morgan fingerprint density at radius 3 is 2.59 bits per heavy atom. The van der Waals surface area contributed by atoms with Gasteiger partial charge in [0.25, 0.3) is 0 Å². The molecule has 4 atom stereocenters. The number of hydrogen-bond donors (Lipinski definition) is 0. The lowest BCUT2D eigenvalue weighted by Gasteiger charge is -2.59. The lowest BCUT2D eigenvalue weighted by Crippen LogP contribution is -2.52. The SMILES string of the molecule is CC1(C)CCC[C@]2(C)[C@H]3CCc4ccc5ccccc5c4C(=O)[C@H]3CC[C@@H]12. The Morgan fingerprint density at radius 2 is 1.74 bits per heavy atom. The maximum Gasteiger partial charge on any atom is 0.167 e. The van der Waals surface area contributed by atoms with Crippen molar-refractivity contribution in [1.29, 1.82) is 0 Å². The van der Waals surface area contributed by atoms with Gasteiger partial charge in [-0.3, -0.25) is 4.79 Å². The molecule has 2 aromatic carbocycles. The van der Waals surface area contributed by atoms with Crippen LogP contribution in [0.25, 0.3) is 10.8 Å². The van der Waals surface area contributed by atoms with Crippen LogP contribution in [0.5, 0.6) is 0 Å². The number of hydrogen-bond acceptors (Lipinski definition) is 1. The molecule has 5 rings (SSSR count). The molecule has 3 aliphatic rings. The number of carbonyl (C=O) groups excluding carboxylic acids is 1. The van der Waals surface area contributed by atoms with Crippen LogP contribution in [0.1, 0.15) is 75.2 Å². The van der Waals surface area contributed by atoms with E-state index in [9.17, 15) is 4.79 Å². The summed E-state index contributed by atoms with van der Waals surface area (Å²) in [6, 6.07) is 12.9. The zero-order valence-electron chi connectivity index (χ0n) is 17.1. The summed E-state index contributed by atoms with van der Waals surface area (Å²) in [6.07, 6.45) is 8.57. The summed E-state index contributed by atoms with van der Waals surface area (Å²) in [5, 5.41) is 2.39. The molecule has 2 saturated carbocycles. The van der Waals surface area contributed by atoms with Crippen molar-refractivity contribution in [3.05, 3.63) is 47.5 Å². The van der Waals surface area contributed by atoms with Crippen LogP contribution in [0.2, 0.25) is 0 Å². The van der Waals surface area contributed by atoms with Gasteiger partial charge in [-0.25, -0.2) is 0 Å². The number of Topliss-reactive ketones (excluding diaryl/α,β-unsaturated/α-hetero) is 1. The van der Waals surface area contributed by atoms with Gasteiger partial charge in [0.05, 0.1) is 0 Å². The molecule has 0 heterocycles. The molecule has 0 bridgehead atoms. The van der Waals surface area contributed by atoms with Crippen molar-refractivity contribution in [2.45, 2.75) is 65.7 Å². The van der Waals surface area contributed by atoms with Crippen molar-refractivity contribution >= 4 is 16.6 Å². The van der Waals surface area contributed by atoms with Crippen LogP contribution in [0.4, 0.5) is 0 Å². The minimum Gasteiger partial charge on any atom is -0.294 e. The zero-order valence-corrected chi connectivity index (χ0v) is 17.1. The van der Waals surface area contributed by atoms with Crippen molar-refractivity contribution in [1.82, 2.24) is 0 Å². The highest BCUT2D eigenvalue weighted by atomic mass is 16.1. The van der Waals surface area contributed by atoms with Crippen molar-refractivity contribution in [3.8, 4) is 0 Å². The van der Waals surface area contributed by atoms with Crippen LogP contribution in [0, 0.1) is 28.6 Å². The topological polar surface area (TPSA) is 17.1 Å². The molecule has 27 heavy (non-hydrogen) atoms. The second-order valence-corrected chi connectivity index (χ2v) is 10.4. The fourth-order valence-corrected chi connectivity index (χ4v) is 7.49. The van der Waals surface area contributed by atoms with E-state index < -0.39 is 0 Å². The van der Waals surface area contributed by atoms with E-state index in [-0.39, 0.29) is 5.92 Å². The van der Waals surface area contributed by atoms with Gasteiger partial charge in [0, 0.05) is 11.5 Å². The fourth-order valence-electron chi connectivity index (χ4n) is 7.49. The van der Waals surface area contributed by atoms with Crippen LogP contribution in [0.3, 0.4) is 0 Å². The first-order chi connectivity index (χ1) is 12.9. The molecular weight excluding hydrogens is 328 g/mol. The third kappa shape index (κ3) is 2.46. The van der Waals surface area contributed by atoms with Crippen molar-refractivity contribution in [2.24, 2.45) is 28.6 Å². The van der Waals surface area contributed by atoms with Gasteiger partial charge in [0.2, 0.25) is 0 Å². The molecule has 2 aromatic rings. The van der Waals surface area contributed by atoms with Crippen LogP contribution >= 0.6 is 0 Å². The second kappa shape index (κ2) is 5.93. The van der Waals surface area contributed by atoms with Crippen LogP contribution in [-0.4, -0.2) is 5.78 Å². The Hall–Kier alpha value is -1.63. The summed E-state index contributed by atoms with van der Waals surface area (Å²) >= 11 is 0. The van der Waals surface area contributed by atoms with E-state index in [1.54, 1.807) is 0 Å². The summed E-state index contributed by atoms with van der Waals surface area (Å²) in [5.74, 6) is 2.00. The largest absolute Gasteiger partial charge is 0.294 e. The predicted octanol–water partition coefficient (Wildman–Crippen LogP) is 6.83. The molecule has 0 saturated heterocycles. The van der Waals surface area contributed by atoms with E-state index in [0.717, 1.165) is 24.3 Å². The lowest BCUT2D eigenvalue weighted by molar-refractivity contribution is -0.0909. The lowest BCUT2D eigenvalue weighted by atomic mass is 9.45. The summed E-state index contributed by atoms with van der Waals surface area (Å²) < 4.78 is 0. The zero-order chi connectivity index (χ0) is 18.8. The average Bonchev–Trinajstić information content (AvgIpc) is 2.79. The molecule has 0 aliphatic heterocycles. The number of carbonyl (C=O) groups is 1. The second-order valence-electron chi connectivity index (χ2n) is 10.4. The summed E-state index contributed by atoms with van der Waals surface area (Å²) in [6.45, 7) is 7.50. The number of ketones is 1. The van der Waals surface area contributed by atoms with Gasteiger partial charge >= 0.3 is 0 Å². The Balaban J connectivity index is 1.61. The van der Waals surface area contributed by atoms with Crippen LogP contribution < -0.4 is 0 Å². The van der Waals surface area contributed by atoms with Crippen LogP contribution in [-0.2, 0) is 6.42 Å². The first kappa shape index (κ1) is 17.5. The molecule has 1 heteroatoms. The molecule has 1 nitrogen and oxygen atoms in total. The summed E-state index contributed by atoms with van der Waals surface area (Å²) in [5.41, 5.74) is 3.10. The Labute approximate surface area is 163 Å². The van der Waals surface area contributed by atoms with Gasteiger partial charge in [-0.2, -0.15) is 0 Å². The van der Waals surface area contributed by atoms with E-state index in [1.807, 2.05) is 0 Å². The van der Waals surface area contributed by atoms with Gasteiger partial charge in [-0.05, 0) is 77.5 Å². The molecular formula is C26H32O. The molecule has 3 aliphatic carbocycles. The summed E-state index contributed by atoms with van der Waals surface area (Å²) in [4.78, 5) is 13.9. The number of rotatable bonds is 0. The van der Waals surface area contributed by atoms with E-state index in [1.165, 1.54) is 48.4 Å². The first-order valence-electron chi connectivity index (χ1n) is 11.0. The normalized spacial score (nSPS) is 35.1.